The lowest BCUT2D eigenvalue weighted by Crippen LogP contribution is -2.39. The van der Waals surface area contributed by atoms with Gasteiger partial charge in [-0.1, -0.05) is 33.8 Å². The van der Waals surface area contributed by atoms with E-state index in [1.165, 1.54) is 0 Å². The second-order valence-electron chi connectivity index (χ2n) is 6.32. The van der Waals surface area contributed by atoms with E-state index in [0.717, 1.165) is 31.0 Å². The van der Waals surface area contributed by atoms with Crippen LogP contribution in [0.25, 0.3) is 0 Å². The summed E-state index contributed by atoms with van der Waals surface area (Å²) in [7, 11) is 2.13. The highest BCUT2D eigenvalue weighted by Crippen LogP contribution is 2.26. The van der Waals surface area contributed by atoms with Crippen LogP contribution in [0.4, 0.5) is 5.82 Å². The van der Waals surface area contributed by atoms with Crippen LogP contribution in [0, 0.1) is 5.41 Å². The Kier molecular flexibility index (Phi) is 5.80. The Hall–Kier alpha value is -1.09. The van der Waals surface area contributed by atoms with Crippen LogP contribution >= 0.6 is 0 Å². The number of pyridine rings is 1. The summed E-state index contributed by atoms with van der Waals surface area (Å²) < 4.78 is 0. The molecule has 1 heterocycles. The zero-order valence-corrected chi connectivity index (χ0v) is 13.3. The summed E-state index contributed by atoms with van der Waals surface area (Å²) in [4.78, 5) is 7.01. The van der Waals surface area contributed by atoms with E-state index in [1.807, 2.05) is 0 Å². The van der Waals surface area contributed by atoms with Crippen molar-refractivity contribution in [1.82, 2.24) is 10.3 Å². The first kappa shape index (κ1) is 16.0. The molecular formula is C16H29N3. The normalized spacial score (nSPS) is 13.4. The Morgan fingerprint density at radius 3 is 2.58 bits per heavy atom. The summed E-state index contributed by atoms with van der Waals surface area (Å²) >= 11 is 0. The molecule has 0 spiro atoms. The van der Waals surface area contributed by atoms with Gasteiger partial charge < -0.3 is 10.2 Å². The van der Waals surface area contributed by atoms with Gasteiger partial charge >= 0.3 is 0 Å². The minimum Gasteiger partial charge on any atom is -0.356 e. The standard InChI is InChI=1S/C16H29N3/c1-7-11-17-12-14-9-8-10-15(18-14)19(6)13(2)16(3,4)5/h8-10,13,17H,7,11-12H2,1-6H3. The molecule has 0 saturated carbocycles. The van der Waals surface area contributed by atoms with E-state index in [9.17, 15) is 0 Å². The quantitative estimate of drug-likeness (QED) is 0.797. The van der Waals surface area contributed by atoms with Crippen molar-refractivity contribution < 1.29 is 0 Å². The third-order valence-electron chi connectivity index (χ3n) is 3.72. The van der Waals surface area contributed by atoms with Gasteiger partial charge in [-0.15, -0.1) is 0 Å². The molecule has 1 unspecified atom stereocenters. The first-order chi connectivity index (χ1) is 8.86. The number of rotatable bonds is 6. The summed E-state index contributed by atoms with van der Waals surface area (Å²) in [5.41, 5.74) is 1.35. The summed E-state index contributed by atoms with van der Waals surface area (Å²) in [6.07, 6.45) is 1.15. The molecule has 0 amide bonds. The fourth-order valence-corrected chi connectivity index (χ4v) is 1.93. The molecule has 0 bridgehead atoms. The van der Waals surface area contributed by atoms with Crippen molar-refractivity contribution >= 4 is 5.82 Å². The van der Waals surface area contributed by atoms with E-state index in [4.69, 9.17) is 4.98 Å². The average Bonchev–Trinajstić information content (AvgIpc) is 2.36. The van der Waals surface area contributed by atoms with Crippen molar-refractivity contribution in [2.75, 3.05) is 18.5 Å². The molecule has 1 aromatic heterocycles. The maximum atomic E-state index is 4.74. The number of aromatic nitrogens is 1. The van der Waals surface area contributed by atoms with Crippen LogP contribution in [0.2, 0.25) is 0 Å². The minimum absolute atomic E-state index is 0.243. The lowest BCUT2D eigenvalue weighted by Gasteiger charge is -2.36. The molecule has 3 heteroatoms. The maximum Gasteiger partial charge on any atom is 0.128 e. The smallest absolute Gasteiger partial charge is 0.128 e. The summed E-state index contributed by atoms with van der Waals surface area (Å²) in [5.74, 6) is 1.05. The Labute approximate surface area is 118 Å². The van der Waals surface area contributed by atoms with Gasteiger partial charge in [0.15, 0.2) is 0 Å². The van der Waals surface area contributed by atoms with Gasteiger partial charge in [0.05, 0.1) is 5.69 Å². The number of nitrogens with one attached hydrogen (secondary N) is 1. The van der Waals surface area contributed by atoms with Gasteiger partial charge in [0.1, 0.15) is 5.82 Å². The maximum absolute atomic E-state index is 4.74. The van der Waals surface area contributed by atoms with Gasteiger partial charge in [0, 0.05) is 19.6 Å². The van der Waals surface area contributed by atoms with Crippen molar-refractivity contribution in [2.45, 2.75) is 53.6 Å². The van der Waals surface area contributed by atoms with E-state index in [1.54, 1.807) is 0 Å². The Bertz CT molecular complexity index is 382. The Morgan fingerprint density at radius 2 is 2.00 bits per heavy atom. The largest absolute Gasteiger partial charge is 0.356 e. The monoisotopic (exact) mass is 263 g/mol. The number of anilines is 1. The van der Waals surface area contributed by atoms with E-state index in [-0.39, 0.29) is 5.41 Å². The Morgan fingerprint density at radius 1 is 1.32 bits per heavy atom. The van der Waals surface area contributed by atoms with E-state index in [2.05, 4.69) is 70.1 Å². The van der Waals surface area contributed by atoms with Crippen molar-refractivity contribution in [1.29, 1.82) is 0 Å². The fraction of sp³-hybridized carbons (Fsp3) is 0.688. The van der Waals surface area contributed by atoms with Crippen LogP contribution in [0.15, 0.2) is 18.2 Å². The molecule has 1 aromatic rings. The number of hydrogen-bond acceptors (Lipinski definition) is 3. The van der Waals surface area contributed by atoms with Gasteiger partial charge in [0.25, 0.3) is 0 Å². The first-order valence-corrected chi connectivity index (χ1v) is 7.25. The highest BCUT2D eigenvalue weighted by atomic mass is 15.2. The van der Waals surface area contributed by atoms with E-state index < -0.39 is 0 Å². The zero-order chi connectivity index (χ0) is 14.5. The van der Waals surface area contributed by atoms with Gasteiger partial charge in [0.2, 0.25) is 0 Å². The molecule has 3 nitrogen and oxygen atoms in total. The predicted octanol–water partition coefficient (Wildman–Crippen LogP) is 3.45. The molecule has 0 aliphatic rings. The highest BCUT2D eigenvalue weighted by Gasteiger charge is 2.24. The van der Waals surface area contributed by atoms with Crippen LogP contribution in [-0.2, 0) is 6.54 Å². The molecule has 1 atom stereocenters. The second kappa shape index (κ2) is 6.90. The van der Waals surface area contributed by atoms with Gasteiger partial charge in [-0.25, -0.2) is 4.98 Å². The number of hydrogen-bond donors (Lipinski definition) is 1. The van der Waals surface area contributed by atoms with Crippen molar-refractivity contribution in [3.05, 3.63) is 23.9 Å². The molecule has 19 heavy (non-hydrogen) atoms. The predicted molar refractivity (Wildman–Crippen MR) is 83.6 cm³/mol. The summed E-state index contributed by atoms with van der Waals surface area (Å²) in [5, 5.41) is 3.40. The molecule has 108 valence electrons. The fourth-order valence-electron chi connectivity index (χ4n) is 1.93. The third-order valence-corrected chi connectivity index (χ3v) is 3.72. The lowest BCUT2D eigenvalue weighted by atomic mass is 9.87. The topological polar surface area (TPSA) is 28.2 Å². The highest BCUT2D eigenvalue weighted by molar-refractivity contribution is 5.39. The molecular weight excluding hydrogens is 234 g/mol. The Balaban J connectivity index is 2.75. The minimum atomic E-state index is 0.243. The van der Waals surface area contributed by atoms with Crippen molar-refractivity contribution in [2.24, 2.45) is 5.41 Å². The molecule has 0 aromatic carbocycles. The lowest BCUT2D eigenvalue weighted by molar-refractivity contribution is 0.328. The number of nitrogens with zero attached hydrogens (tertiary/aromatic N) is 2. The van der Waals surface area contributed by atoms with Crippen LogP contribution in [-0.4, -0.2) is 24.6 Å². The van der Waals surface area contributed by atoms with Crippen LogP contribution < -0.4 is 10.2 Å². The van der Waals surface area contributed by atoms with Gasteiger partial charge in [-0.3, -0.25) is 0 Å². The van der Waals surface area contributed by atoms with Crippen LogP contribution in [0.5, 0.6) is 0 Å². The molecule has 0 aliphatic heterocycles. The van der Waals surface area contributed by atoms with E-state index in [0.29, 0.717) is 6.04 Å². The molecule has 0 saturated heterocycles. The van der Waals surface area contributed by atoms with E-state index >= 15 is 0 Å². The van der Waals surface area contributed by atoms with Crippen molar-refractivity contribution in [3.63, 3.8) is 0 Å². The van der Waals surface area contributed by atoms with Crippen LogP contribution in [0.3, 0.4) is 0 Å². The summed E-state index contributed by atoms with van der Waals surface area (Å²) in [6, 6.07) is 6.71. The first-order valence-electron chi connectivity index (χ1n) is 7.25. The molecule has 0 fully saturated rings. The average molecular weight is 263 g/mol. The zero-order valence-electron chi connectivity index (χ0n) is 13.3. The summed E-state index contributed by atoms with van der Waals surface area (Å²) in [6.45, 7) is 13.1. The third kappa shape index (κ3) is 4.83. The van der Waals surface area contributed by atoms with Crippen LogP contribution in [0.1, 0.15) is 46.7 Å². The second-order valence-corrected chi connectivity index (χ2v) is 6.32. The van der Waals surface area contributed by atoms with Gasteiger partial charge in [-0.2, -0.15) is 0 Å². The van der Waals surface area contributed by atoms with Gasteiger partial charge in [-0.05, 0) is 37.4 Å². The SMILES string of the molecule is CCCNCc1cccc(N(C)C(C)C(C)(C)C)n1. The molecule has 0 radical (unpaired) electrons. The van der Waals surface area contributed by atoms with Crippen molar-refractivity contribution in [3.8, 4) is 0 Å². The molecule has 1 rings (SSSR count). The molecule has 0 aliphatic carbocycles. The molecule has 1 N–H and O–H groups in total.